The minimum Gasteiger partial charge on any atom is -0.198 e. The molecule has 2 aliphatic rings. The summed E-state index contributed by atoms with van der Waals surface area (Å²) in [5.41, 5.74) is 0. The summed E-state index contributed by atoms with van der Waals surface area (Å²) in [6.45, 7) is 2.32. The third-order valence-corrected chi connectivity index (χ3v) is 5.68. The molecule has 1 nitrogen and oxygen atoms in total. The van der Waals surface area contributed by atoms with Gasteiger partial charge in [-0.1, -0.05) is 58.3 Å². The summed E-state index contributed by atoms with van der Waals surface area (Å²) in [6.07, 6.45) is 16.7. The summed E-state index contributed by atoms with van der Waals surface area (Å²) >= 11 is 0. The van der Waals surface area contributed by atoms with Gasteiger partial charge in [-0.05, 0) is 43.4 Å². The molecule has 0 spiro atoms. The monoisotopic (exact) mass is 261 g/mol. The van der Waals surface area contributed by atoms with Gasteiger partial charge in [-0.2, -0.15) is 5.26 Å². The minimum atomic E-state index is 0.376. The first-order valence-corrected chi connectivity index (χ1v) is 8.71. The van der Waals surface area contributed by atoms with Crippen molar-refractivity contribution < 1.29 is 0 Å². The van der Waals surface area contributed by atoms with Crippen LogP contribution in [0.1, 0.15) is 84.0 Å². The molecule has 0 aliphatic heterocycles. The Labute approximate surface area is 119 Å². The zero-order chi connectivity index (χ0) is 13.5. The molecule has 19 heavy (non-hydrogen) atoms. The van der Waals surface area contributed by atoms with Crippen molar-refractivity contribution in [3.05, 3.63) is 0 Å². The number of nitriles is 1. The zero-order valence-electron chi connectivity index (χ0n) is 12.7. The summed E-state index contributed by atoms with van der Waals surface area (Å²) < 4.78 is 0. The SMILES string of the molecule is CCC[C@H]1CC[C@H](CC[C@H]2CC[C@H](C#N)CC2)CC1. The van der Waals surface area contributed by atoms with Crippen molar-refractivity contribution in [1.29, 1.82) is 5.26 Å². The van der Waals surface area contributed by atoms with Crippen molar-refractivity contribution in [3.63, 3.8) is 0 Å². The topological polar surface area (TPSA) is 23.8 Å². The van der Waals surface area contributed by atoms with Gasteiger partial charge in [-0.25, -0.2) is 0 Å². The molecule has 0 unspecified atom stereocenters. The first kappa shape index (κ1) is 14.9. The van der Waals surface area contributed by atoms with Crippen LogP contribution >= 0.6 is 0 Å². The lowest BCUT2D eigenvalue weighted by Crippen LogP contribution is -2.17. The van der Waals surface area contributed by atoms with E-state index in [0.29, 0.717) is 5.92 Å². The van der Waals surface area contributed by atoms with Crippen molar-refractivity contribution in [2.75, 3.05) is 0 Å². The Morgan fingerprint density at radius 2 is 1.16 bits per heavy atom. The molecule has 2 fully saturated rings. The second kappa shape index (κ2) is 7.93. The van der Waals surface area contributed by atoms with Gasteiger partial charge in [0.25, 0.3) is 0 Å². The maximum atomic E-state index is 8.93. The standard InChI is InChI=1S/C18H31N/c1-2-3-15-4-6-16(7-5-15)8-9-17-10-12-18(14-19)13-11-17/h15-18H,2-13H2,1H3/t15-,16-,17-,18-. The number of hydrogen-bond acceptors (Lipinski definition) is 1. The maximum absolute atomic E-state index is 8.93. The van der Waals surface area contributed by atoms with Crippen LogP contribution < -0.4 is 0 Å². The Hall–Kier alpha value is -0.510. The molecule has 0 atom stereocenters. The van der Waals surface area contributed by atoms with Crippen molar-refractivity contribution in [2.24, 2.45) is 23.7 Å². The number of rotatable bonds is 5. The minimum absolute atomic E-state index is 0.376. The molecule has 0 radical (unpaired) electrons. The number of hydrogen-bond donors (Lipinski definition) is 0. The third kappa shape index (κ3) is 4.83. The second-order valence-electron chi connectivity index (χ2n) is 7.10. The van der Waals surface area contributed by atoms with Gasteiger partial charge in [0.05, 0.1) is 6.07 Å². The van der Waals surface area contributed by atoms with E-state index in [1.54, 1.807) is 0 Å². The van der Waals surface area contributed by atoms with Gasteiger partial charge in [0.2, 0.25) is 0 Å². The fourth-order valence-electron chi connectivity index (χ4n) is 4.27. The molecule has 2 saturated carbocycles. The van der Waals surface area contributed by atoms with Crippen LogP contribution in [0.5, 0.6) is 0 Å². The van der Waals surface area contributed by atoms with Crippen molar-refractivity contribution >= 4 is 0 Å². The van der Waals surface area contributed by atoms with E-state index in [-0.39, 0.29) is 0 Å². The fourth-order valence-corrected chi connectivity index (χ4v) is 4.27. The zero-order valence-corrected chi connectivity index (χ0v) is 12.7. The normalized spacial score (nSPS) is 35.8. The van der Waals surface area contributed by atoms with E-state index in [2.05, 4.69) is 13.0 Å². The van der Waals surface area contributed by atoms with Gasteiger partial charge in [0.1, 0.15) is 0 Å². The van der Waals surface area contributed by atoms with E-state index in [1.165, 1.54) is 77.0 Å². The van der Waals surface area contributed by atoms with Gasteiger partial charge in [0, 0.05) is 5.92 Å². The Bertz CT molecular complexity index is 275. The molecule has 1 heteroatoms. The van der Waals surface area contributed by atoms with Crippen LogP contribution in [0, 0.1) is 35.0 Å². The maximum Gasteiger partial charge on any atom is 0.0655 e. The molecule has 0 aromatic carbocycles. The largest absolute Gasteiger partial charge is 0.198 e. The average molecular weight is 261 g/mol. The highest BCUT2D eigenvalue weighted by Crippen LogP contribution is 2.37. The van der Waals surface area contributed by atoms with Gasteiger partial charge < -0.3 is 0 Å². The van der Waals surface area contributed by atoms with Crippen LogP contribution in [0.15, 0.2) is 0 Å². The molecule has 0 saturated heterocycles. The lowest BCUT2D eigenvalue weighted by molar-refractivity contribution is 0.222. The predicted octanol–water partition coefficient (Wildman–Crippen LogP) is 5.70. The lowest BCUT2D eigenvalue weighted by atomic mass is 9.75. The predicted molar refractivity (Wildman–Crippen MR) is 80.7 cm³/mol. The molecule has 0 bridgehead atoms. The highest BCUT2D eigenvalue weighted by atomic mass is 14.3. The highest BCUT2D eigenvalue weighted by Gasteiger charge is 2.24. The summed E-state index contributed by atoms with van der Waals surface area (Å²) in [6, 6.07) is 2.45. The molecular weight excluding hydrogens is 230 g/mol. The molecule has 0 aromatic rings. The van der Waals surface area contributed by atoms with Gasteiger partial charge in [0.15, 0.2) is 0 Å². The van der Waals surface area contributed by atoms with Gasteiger partial charge in [-0.15, -0.1) is 0 Å². The summed E-state index contributed by atoms with van der Waals surface area (Å²) in [4.78, 5) is 0. The smallest absolute Gasteiger partial charge is 0.0655 e. The van der Waals surface area contributed by atoms with Crippen LogP contribution in [0.2, 0.25) is 0 Å². The van der Waals surface area contributed by atoms with Crippen molar-refractivity contribution in [3.8, 4) is 6.07 Å². The van der Waals surface area contributed by atoms with Gasteiger partial charge >= 0.3 is 0 Å². The van der Waals surface area contributed by atoms with Gasteiger partial charge in [-0.3, -0.25) is 0 Å². The second-order valence-corrected chi connectivity index (χ2v) is 7.10. The fraction of sp³-hybridized carbons (Fsp3) is 0.944. The Kier molecular flexibility index (Phi) is 6.21. The quantitative estimate of drug-likeness (QED) is 0.622. The van der Waals surface area contributed by atoms with Crippen LogP contribution in [-0.4, -0.2) is 0 Å². The average Bonchev–Trinajstić information content (AvgIpc) is 2.47. The van der Waals surface area contributed by atoms with E-state index >= 15 is 0 Å². The Morgan fingerprint density at radius 1 is 0.737 bits per heavy atom. The molecular formula is C18H31N. The Balaban J connectivity index is 1.58. The molecule has 0 heterocycles. The van der Waals surface area contributed by atoms with E-state index in [0.717, 1.165) is 17.8 Å². The van der Waals surface area contributed by atoms with Crippen LogP contribution in [0.4, 0.5) is 0 Å². The summed E-state index contributed by atoms with van der Waals surface area (Å²) in [5.74, 6) is 3.40. The molecule has 2 rings (SSSR count). The van der Waals surface area contributed by atoms with E-state index in [9.17, 15) is 0 Å². The molecule has 108 valence electrons. The van der Waals surface area contributed by atoms with Crippen molar-refractivity contribution in [2.45, 2.75) is 84.0 Å². The summed E-state index contributed by atoms with van der Waals surface area (Å²) in [7, 11) is 0. The first-order valence-electron chi connectivity index (χ1n) is 8.71. The van der Waals surface area contributed by atoms with Crippen LogP contribution in [0.25, 0.3) is 0 Å². The molecule has 0 amide bonds. The lowest BCUT2D eigenvalue weighted by Gasteiger charge is -2.30. The molecule has 0 aromatic heterocycles. The third-order valence-electron chi connectivity index (χ3n) is 5.68. The highest BCUT2D eigenvalue weighted by molar-refractivity contribution is 4.87. The molecule has 0 N–H and O–H groups in total. The Morgan fingerprint density at radius 3 is 1.58 bits per heavy atom. The van der Waals surface area contributed by atoms with Crippen molar-refractivity contribution in [1.82, 2.24) is 0 Å². The van der Waals surface area contributed by atoms with E-state index < -0.39 is 0 Å². The van der Waals surface area contributed by atoms with Crippen LogP contribution in [0.3, 0.4) is 0 Å². The first-order chi connectivity index (χ1) is 9.31. The van der Waals surface area contributed by atoms with E-state index in [4.69, 9.17) is 5.26 Å². The molecule has 2 aliphatic carbocycles. The van der Waals surface area contributed by atoms with Crippen LogP contribution in [-0.2, 0) is 0 Å². The van der Waals surface area contributed by atoms with E-state index in [1.807, 2.05) is 0 Å². The number of nitrogens with zero attached hydrogens (tertiary/aromatic N) is 1. The summed E-state index contributed by atoms with van der Waals surface area (Å²) in [5, 5.41) is 8.93.